The molecule has 0 aromatic carbocycles. The summed E-state index contributed by atoms with van der Waals surface area (Å²) in [4.78, 5) is 23.1. The smallest absolute Gasteiger partial charge is 0.345 e. The van der Waals surface area contributed by atoms with Gasteiger partial charge in [-0.3, -0.25) is 0 Å². The van der Waals surface area contributed by atoms with Gasteiger partial charge in [0.2, 0.25) is 11.4 Å². The molecule has 0 radical (unpaired) electrons. The number of carbonyl (C=O) groups is 2. The molecule has 23 heavy (non-hydrogen) atoms. The first-order valence-corrected chi connectivity index (χ1v) is 7.50. The van der Waals surface area contributed by atoms with Crippen molar-refractivity contribution in [2.45, 2.75) is 38.4 Å². The fourth-order valence-electron chi connectivity index (χ4n) is 2.10. The van der Waals surface area contributed by atoms with Crippen LogP contribution in [0.1, 0.15) is 41.8 Å². The number of tetrazole rings is 1. The first kappa shape index (κ1) is 17.0. The molecular formula is C13H16N4O5S. The summed E-state index contributed by atoms with van der Waals surface area (Å²) in [6.07, 6.45) is -0.122. The normalized spacial score (nSPS) is 14.4. The van der Waals surface area contributed by atoms with Crippen LogP contribution in [0.4, 0.5) is 0 Å². The number of ether oxygens (including phenoxy) is 1. The zero-order chi connectivity index (χ0) is 17.3. The van der Waals surface area contributed by atoms with E-state index in [0.717, 1.165) is 11.3 Å². The van der Waals surface area contributed by atoms with Gasteiger partial charge in [-0.1, -0.05) is 5.21 Å². The summed E-state index contributed by atoms with van der Waals surface area (Å²) < 4.78 is 5.78. The number of aliphatic carboxylic acids is 1. The Morgan fingerprint density at radius 3 is 2.48 bits per heavy atom. The molecule has 9 nitrogen and oxygen atoms in total. The minimum absolute atomic E-state index is 0.114. The molecule has 0 aliphatic heterocycles. The lowest BCUT2D eigenvalue weighted by atomic mass is 9.93. The molecule has 0 spiro atoms. The van der Waals surface area contributed by atoms with Crippen LogP contribution in [0.3, 0.4) is 0 Å². The van der Waals surface area contributed by atoms with Gasteiger partial charge in [-0.05, 0) is 37.8 Å². The molecule has 2 aromatic rings. The highest BCUT2D eigenvalue weighted by Crippen LogP contribution is 2.33. The summed E-state index contributed by atoms with van der Waals surface area (Å²) in [7, 11) is 0. The Morgan fingerprint density at radius 2 is 2.04 bits per heavy atom. The van der Waals surface area contributed by atoms with Gasteiger partial charge in [-0.15, -0.1) is 21.5 Å². The Hall–Kier alpha value is -2.33. The number of aromatic carboxylic acids is 1. The number of carboxylic acid groups (broad SMARTS) is 2. The molecule has 2 aromatic heterocycles. The van der Waals surface area contributed by atoms with Gasteiger partial charge in [0.15, 0.2) is 0 Å². The third kappa shape index (κ3) is 3.71. The van der Waals surface area contributed by atoms with Crippen LogP contribution < -0.4 is 0 Å². The molecule has 2 heterocycles. The van der Waals surface area contributed by atoms with E-state index in [1.807, 2.05) is 0 Å². The number of rotatable bonds is 6. The van der Waals surface area contributed by atoms with E-state index in [2.05, 4.69) is 20.6 Å². The third-order valence-electron chi connectivity index (χ3n) is 2.85. The van der Waals surface area contributed by atoms with Crippen molar-refractivity contribution in [3.8, 4) is 0 Å². The molecular weight excluding hydrogens is 324 g/mol. The summed E-state index contributed by atoms with van der Waals surface area (Å²) in [5, 5.41) is 33.5. The predicted molar refractivity (Wildman–Crippen MR) is 79.3 cm³/mol. The highest BCUT2D eigenvalue weighted by atomic mass is 32.1. The van der Waals surface area contributed by atoms with Crippen LogP contribution in [-0.2, 0) is 21.6 Å². The Bertz CT molecular complexity index is 706. The molecule has 1 unspecified atom stereocenters. The first-order valence-electron chi connectivity index (χ1n) is 6.62. The molecule has 0 fully saturated rings. The van der Waals surface area contributed by atoms with Gasteiger partial charge in [0.25, 0.3) is 0 Å². The maximum atomic E-state index is 12.0. The topological polar surface area (TPSA) is 138 Å². The van der Waals surface area contributed by atoms with Crippen LogP contribution in [0.5, 0.6) is 0 Å². The minimum Gasteiger partial charge on any atom is -0.479 e. The van der Waals surface area contributed by atoms with Gasteiger partial charge in [0.1, 0.15) is 4.88 Å². The highest BCUT2D eigenvalue weighted by Gasteiger charge is 2.49. The SMILES string of the molecule is CC(C)(C)OC(Cc1csc(C(=O)O)c1)(C(=O)O)c1nn[nH]n1. The van der Waals surface area contributed by atoms with Crippen LogP contribution in [0.25, 0.3) is 0 Å². The zero-order valence-electron chi connectivity index (χ0n) is 12.7. The lowest BCUT2D eigenvalue weighted by Gasteiger charge is -2.33. The summed E-state index contributed by atoms with van der Waals surface area (Å²) in [6.45, 7) is 5.13. The zero-order valence-corrected chi connectivity index (χ0v) is 13.5. The van der Waals surface area contributed by atoms with Crippen molar-refractivity contribution in [2.24, 2.45) is 0 Å². The lowest BCUT2D eigenvalue weighted by Crippen LogP contribution is -2.47. The minimum atomic E-state index is -1.87. The molecule has 0 saturated heterocycles. The fourth-order valence-corrected chi connectivity index (χ4v) is 2.85. The average molecular weight is 340 g/mol. The van der Waals surface area contributed by atoms with Crippen LogP contribution in [0, 0.1) is 0 Å². The second-order valence-corrected chi connectivity index (χ2v) is 6.79. The molecule has 0 amide bonds. The monoisotopic (exact) mass is 340 g/mol. The van der Waals surface area contributed by atoms with E-state index in [1.54, 1.807) is 26.2 Å². The first-order chi connectivity index (χ1) is 10.6. The summed E-state index contributed by atoms with van der Waals surface area (Å²) in [6, 6.07) is 1.41. The Morgan fingerprint density at radius 1 is 1.35 bits per heavy atom. The van der Waals surface area contributed by atoms with Crippen LogP contribution in [0.15, 0.2) is 11.4 Å². The van der Waals surface area contributed by atoms with Crippen molar-refractivity contribution in [3.05, 3.63) is 27.7 Å². The van der Waals surface area contributed by atoms with Gasteiger partial charge < -0.3 is 14.9 Å². The fraction of sp³-hybridized carbons (Fsp3) is 0.462. The van der Waals surface area contributed by atoms with E-state index in [9.17, 15) is 14.7 Å². The molecule has 10 heteroatoms. The molecule has 3 N–H and O–H groups in total. The number of H-pyrrole nitrogens is 1. The second-order valence-electron chi connectivity index (χ2n) is 5.88. The van der Waals surface area contributed by atoms with Gasteiger partial charge in [0.05, 0.1) is 5.60 Å². The molecule has 2 rings (SSSR count). The molecule has 124 valence electrons. The number of aromatic amines is 1. The Balaban J connectivity index is 2.47. The van der Waals surface area contributed by atoms with Gasteiger partial charge >= 0.3 is 11.9 Å². The summed E-state index contributed by atoms with van der Waals surface area (Å²) in [5.41, 5.74) is -2.17. The average Bonchev–Trinajstić information content (AvgIpc) is 3.07. The van der Waals surface area contributed by atoms with E-state index in [1.165, 1.54) is 6.07 Å². The second kappa shape index (κ2) is 6.05. The third-order valence-corrected chi connectivity index (χ3v) is 3.82. The maximum Gasteiger partial charge on any atom is 0.345 e. The van der Waals surface area contributed by atoms with Crippen molar-refractivity contribution < 1.29 is 24.5 Å². The molecule has 0 aliphatic carbocycles. The molecule has 1 atom stereocenters. The largest absolute Gasteiger partial charge is 0.479 e. The van der Waals surface area contributed by atoms with E-state index >= 15 is 0 Å². The van der Waals surface area contributed by atoms with Crippen LogP contribution in [0.2, 0.25) is 0 Å². The number of hydrogen-bond acceptors (Lipinski definition) is 7. The van der Waals surface area contributed by atoms with Crippen molar-refractivity contribution in [3.63, 3.8) is 0 Å². The molecule has 0 saturated carbocycles. The molecule has 0 aliphatic rings. The van der Waals surface area contributed by atoms with E-state index in [0.29, 0.717) is 5.56 Å². The van der Waals surface area contributed by atoms with Crippen molar-refractivity contribution in [2.75, 3.05) is 0 Å². The quantitative estimate of drug-likeness (QED) is 0.715. The van der Waals surface area contributed by atoms with Crippen molar-refractivity contribution >= 4 is 23.3 Å². The maximum absolute atomic E-state index is 12.0. The van der Waals surface area contributed by atoms with Gasteiger partial charge in [-0.2, -0.15) is 5.21 Å². The number of nitrogens with zero attached hydrogens (tertiary/aromatic N) is 3. The van der Waals surface area contributed by atoms with Crippen molar-refractivity contribution in [1.29, 1.82) is 0 Å². The van der Waals surface area contributed by atoms with Crippen LogP contribution >= 0.6 is 11.3 Å². The lowest BCUT2D eigenvalue weighted by molar-refractivity contribution is -0.189. The highest BCUT2D eigenvalue weighted by molar-refractivity contribution is 7.12. The van der Waals surface area contributed by atoms with Gasteiger partial charge in [0, 0.05) is 6.42 Å². The summed E-state index contributed by atoms with van der Waals surface area (Å²) >= 11 is 1.01. The Kier molecular flexibility index (Phi) is 4.48. The van der Waals surface area contributed by atoms with Crippen molar-refractivity contribution in [1.82, 2.24) is 20.6 Å². The number of aromatic nitrogens is 4. The standard InChI is InChI=1S/C13H16N4O5S/c1-12(2,3)22-13(11(20)21,10-14-16-17-15-10)5-7-4-8(9(18)19)23-6-7/h4,6H,5H2,1-3H3,(H,18,19)(H,20,21)(H,14,15,16,17). The number of nitrogens with one attached hydrogen (secondary N) is 1. The molecule has 0 bridgehead atoms. The summed E-state index contributed by atoms with van der Waals surface area (Å²) in [5.74, 6) is -2.47. The van der Waals surface area contributed by atoms with E-state index < -0.39 is 23.1 Å². The van der Waals surface area contributed by atoms with E-state index in [-0.39, 0.29) is 17.1 Å². The van der Waals surface area contributed by atoms with Crippen LogP contribution in [-0.4, -0.2) is 48.4 Å². The number of thiophene rings is 1. The van der Waals surface area contributed by atoms with E-state index in [4.69, 9.17) is 9.84 Å². The van der Waals surface area contributed by atoms with Gasteiger partial charge in [-0.25, -0.2) is 9.59 Å². The number of carboxylic acids is 2. The number of hydrogen-bond donors (Lipinski definition) is 3. The predicted octanol–water partition coefficient (Wildman–Crippen LogP) is 1.30. The Labute approximate surface area is 135 Å².